The van der Waals surface area contributed by atoms with Crippen LogP contribution in [-0.4, -0.2) is 25.2 Å². The van der Waals surface area contributed by atoms with Crippen LogP contribution in [0, 0.1) is 6.92 Å². The summed E-state index contributed by atoms with van der Waals surface area (Å²) in [6.45, 7) is 8.65. The van der Waals surface area contributed by atoms with E-state index in [1.807, 2.05) is 6.07 Å². The van der Waals surface area contributed by atoms with Gasteiger partial charge >= 0.3 is 0 Å². The van der Waals surface area contributed by atoms with Crippen LogP contribution in [0.3, 0.4) is 0 Å². The zero-order valence-corrected chi connectivity index (χ0v) is 11.6. The third kappa shape index (κ3) is 3.14. The number of hydrogen-bond donors (Lipinski definition) is 1. The first-order valence-corrected chi connectivity index (χ1v) is 6.71. The Kier molecular flexibility index (Phi) is 3.95. The first-order chi connectivity index (χ1) is 8.06. The fraction of sp³-hybridized carbons (Fsp3) is 0.571. The summed E-state index contributed by atoms with van der Waals surface area (Å²) >= 11 is 6.27. The second kappa shape index (κ2) is 5.28. The van der Waals surface area contributed by atoms with Crippen LogP contribution in [0.25, 0.3) is 0 Å². The fourth-order valence-electron chi connectivity index (χ4n) is 2.45. The highest BCUT2D eigenvalue weighted by Gasteiger charge is 2.24. The standard InChI is InChI=1S/C14H21ClN2/c1-10(2)16-12-6-7-17(9-12)14-8-11(3)4-5-13(14)15/h4-5,8,10,12,16H,6-7,9H2,1-3H3. The summed E-state index contributed by atoms with van der Waals surface area (Å²) < 4.78 is 0. The molecule has 1 unspecified atom stereocenters. The van der Waals surface area contributed by atoms with Gasteiger partial charge in [0.1, 0.15) is 0 Å². The van der Waals surface area contributed by atoms with Crippen LogP contribution in [0.5, 0.6) is 0 Å². The molecule has 0 aromatic heterocycles. The molecule has 3 heteroatoms. The molecule has 0 aliphatic carbocycles. The number of anilines is 1. The van der Waals surface area contributed by atoms with Crippen LogP contribution in [0.4, 0.5) is 5.69 Å². The third-order valence-corrected chi connectivity index (χ3v) is 3.52. The first-order valence-electron chi connectivity index (χ1n) is 6.33. The second-order valence-electron chi connectivity index (χ2n) is 5.21. The summed E-state index contributed by atoms with van der Waals surface area (Å²) in [4.78, 5) is 2.38. The van der Waals surface area contributed by atoms with E-state index in [0.29, 0.717) is 12.1 Å². The Balaban J connectivity index is 2.07. The number of benzene rings is 1. The van der Waals surface area contributed by atoms with Crippen LogP contribution in [0.1, 0.15) is 25.8 Å². The molecule has 0 spiro atoms. The molecular formula is C14H21ClN2. The SMILES string of the molecule is Cc1ccc(Cl)c(N2CCC(NC(C)C)C2)c1. The van der Waals surface area contributed by atoms with Gasteiger partial charge in [-0.3, -0.25) is 0 Å². The molecule has 17 heavy (non-hydrogen) atoms. The molecule has 0 bridgehead atoms. The number of nitrogens with one attached hydrogen (secondary N) is 1. The molecule has 2 nitrogen and oxygen atoms in total. The number of rotatable bonds is 3. The van der Waals surface area contributed by atoms with E-state index in [1.54, 1.807) is 0 Å². The van der Waals surface area contributed by atoms with Gasteiger partial charge in [-0.05, 0) is 31.0 Å². The molecule has 1 aliphatic heterocycles. The van der Waals surface area contributed by atoms with Gasteiger partial charge in [-0.15, -0.1) is 0 Å². The number of nitrogens with zero attached hydrogens (tertiary/aromatic N) is 1. The highest BCUT2D eigenvalue weighted by atomic mass is 35.5. The molecule has 1 aromatic carbocycles. The van der Waals surface area contributed by atoms with Gasteiger partial charge in [0.15, 0.2) is 0 Å². The summed E-state index contributed by atoms with van der Waals surface area (Å²) in [5, 5.41) is 4.45. The lowest BCUT2D eigenvalue weighted by Gasteiger charge is -2.21. The van der Waals surface area contributed by atoms with Crippen molar-refractivity contribution in [2.45, 2.75) is 39.3 Å². The first kappa shape index (κ1) is 12.7. The van der Waals surface area contributed by atoms with Crippen LogP contribution in [-0.2, 0) is 0 Å². The Morgan fingerprint density at radius 2 is 2.18 bits per heavy atom. The largest absolute Gasteiger partial charge is 0.369 e. The molecule has 0 amide bonds. The van der Waals surface area contributed by atoms with E-state index in [0.717, 1.165) is 18.1 Å². The number of halogens is 1. The van der Waals surface area contributed by atoms with E-state index in [-0.39, 0.29) is 0 Å². The van der Waals surface area contributed by atoms with Crippen molar-refractivity contribution in [3.8, 4) is 0 Å². The van der Waals surface area contributed by atoms with Gasteiger partial charge in [0.25, 0.3) is 0 Å². The molecule has 1 atom stereocenters. The van der Waals surface area contributed by atoms with Gasteiger partial charge in [0.05, 0.1) is 10.7 Å². The molecule has 1 saturated heterocycles. The van der Waals surface area contributed by atoms with Gasteiger partial charge in [0.2, 0.25) is 0 Å². The molecule has 1 heterocycles. The van der Waals surface area contributed by atoms with E-state index in [2.05, 4.69) is 43.1 Å². The zero-order valence-electron chi connectivity index (χ0n) is 10.8. The van der Waals surface area contributed by atoms with Crippen molar-refractivity contribution >= 4 is 17.3 Å². The maximum absolute atomic E-state index is 6.27. The van der Waals surface area contributed by atoms with Crippen LogP contribution < -0.4 is 10.2 Å². The predicted molar refractivity (Wildman–Crippen MR) is 75.1 cm³/mol. The van der Waals surface area contributed by atoms with Gasteiger partial charge in [-0.25, -0.2) is 0 Å². The van der Waals surface area contributed by atoms with Crippen molar-refractivity contribution in [1.29, 1.82) is 0 Å². The van der Waals surface area contributed by atoms with E-state index >= 15 is 0 Å². The van der Waals surface area contributed by atoms with Crippen molar-refractivity contribution in [1.82, 2.24) is 5.32 Å². The number of aryl methyl sites for hydroxylation is 1. The maximum atomic E-state index is 6.27. The van der Waals surface area contributed by atoms with Crippen LogP contribution >= 0.6 is 11.6 Å². The summed E-state index contributed by atoms with van der Waals surface area (Å²) in [5.74, 6) is 0. The smallest absolute Gasteiger partial charge is 0.0639 e. The minimum absolute atomic E-state index is 0.549. The molecule has 0 radical (unpaired) electrons. The van der Waals surface area contributed by atoms with Gasteiger partial charge in [-0.2, -0.15) is 0 Å². The van der Waals surface area contributed by atoms with Gasteiger partial charge < -0.3 is 10.2 Å². The van der Waals surface area contributed by atoms with E-state index in [1.165, 1.54) is 17.7 Å². The predicted octanol–water partition coefficient (Wildman–Crippen LogP) is 3.23. The van der Waals surface area contributed by atoms with Crippen molar-refractivity contribution in [3.63, 3.8) is 0 Å². The summed E-state index contributed by atoms with van der Waals surface area (Å²) in [6.07, 6.45) is 1.20. The molecular weight excluding hydrogens is 232 g/mol. The minimum atomic E-state index is 0.549. The minimum Gasteiger partial charge on any atom is -0.369 e. The lowest BCUT2D eigenvalue weighted by atomic mass is 10.2. The van der Waals surface area contributed by atoms with Crippen molar-refractivity contribution in [2.24, 2.45) is 0 Å². The Bertz CT molecular complexity index is 390. The second-order valence-corrected chi connectivity index (χ2v) is 5.62. The van der Waals surface area contributed by atoms with Crippen LogP contribution in [0.2, 0.25) is 5.02 Å². The topological polar surface area (TPSA) is 15.3 Å². The molecule has 1 N–H and O–H groups in total. The summed E-state index contributed by atoms with van der Waals surface area (Å²) in [6, 6.07) is 7.38. The quantitative estimate of drug-likeness (QED) is 0.889. The monoisotopic (exact) mass is 252 g/mol. The lowest BCUT2D eigenvalue weighted by molar-refractivity contribution is 0.492. The molecule has 0 saturated carbocycles. The molecule has 1 fully saturated rings. The summed E-state index contributed by atoms with van der Waals surface area (Å²) in [5.41, 5.74) is 2.45. The molecule has 2 rings (SSSR count). The Hall–Kier alpha value is -0.730. The highest BCUT2D eigenvalue weighted by molar-refractivity contribution is 6.33. The summed E-state index contributed by atoms with van der Waals surface area (Å²) in [7, 11) is 0. The van der Waals surface area contributed by atoms with Crippen LogP contribution in [0.15, 0.2) is 18.2 Å². The fourth-order valence-corrected chi connectivity index (χ4v) is 2.69. The Morgan fingerprint density at radius 1 is 1.41 bits per heavy atom. The molecule has 1 aromatic rings. The Morgan fingerprint density at radius 3 is 2.88 bits per heavy atom. The van der Waals surface area contributed by atoms with E-state index in [9.17, 15) is 0 Å². The Labute approximate surface area is 109 Å². The van der Waals surface area contributed by atoms with Crippen molar-refractivity contribution in [3.05, 3.63) is 28.8 Å². The third-order valence-electron chi connectivity index (χ3n) is 3.20. The molecule has 1 aliphatic rings. The number of hydrogen-bond acceptors (Lipinski definition) is 2. The van der Waals surface area contributed by atoms with E-state index < -0.39 is 0 Å². The average Bonchev–Trinajstić information content (AvgIpc) is 2.69. The van der Waals surface area contributed by atoms with Crippen molar-refractivity contribution in [2.75, 3.05) is 18.0 Å². The van der Waals surface area contributed by atoms with Gasteiger partial charge in [0, 0.05) is 25.2 Å². The van der Waals surface area contributed by atoms with Gasteiger partial charge in [-0.1, -0.05) is 31.5 Å². The van der Waals surface area contributed by atoms with E-state index in [4.69, 9.17) is 11.6 Å². The van der Waals surface area contributed by atoms with Crippen molar-refractivity contribution < 1.29 is 0 Å². The highest BCUT2D eigenvalue weighted by Crippen LogP contribution is 2.29. The average molecular weight is 253 g/mol. The lowest BCUT2D eigenvalue weighted by Crippen LogP contribution is -2.37. The zero-order chi connectivity index (χ0) is 12.4. The molecule has 94 valence electrons. The maximum Gasteiger partial charge on any atom is 0.0639 e. The normalized spacial score (nSPS) is 20.3.